The van der Waals surface area contributed by atoms with Gasteiger partial charge in [0.15, 0.2) is 0 Å². The average molecular weight is 198 g/mol. The number of nitrogens with zero attached hydrogens (tertiary/aromatic N) is 1. The zero-order valence-electron chi connectivity index (χ0n) is 8.66. The molecule has 1 amide bonds. The number of hydroxylamine groups is 2. The molecule has 2 atom stereocenters. The third kappa shape index (κ3) is 1.91. The predicted octanol–water partition coefficient (Wildman–Crippen LogP) is 0.396. The van der Waals surface area contributed by atoms with Crippen LogP contribution in [0.1, 0.15) is 19.8 Å². The Morgan fingerprint density at radius 1 is 1.43 bits per heavy atom. The van der Waals surface area contributed by atoms with E-state index in [-0.39, 0.29) is 11.8 Å². The van der Waals surface area contributed by atoms with E-state index in [4.69, 9.17) is 4.84 Å². The Balaban J connectivity index is 1.92. The number of nitrogens with one attached hydrogen (secondary N) is 1. The molecule has 0 aromatic carbocycles. The van der Waals surface area contributed by atoms with E-state index in [9.17, 15) is 4.79 Å². The van der Waals surface area contributed by atoms with Gasteiger partial charge in [0.25, 0.3) is 5.91 Å². The number of hydrogen-bond acceptors (Lipinski definition) is 3. The summed E-state index contributed by atoms with van der Waals surface area (Å²) in [4.78, 5) is 17.3. The van der Waals surface area contributed by atoms with Crippen LogP contribution in [-0.2, 0) is 9.63 Å². The van der Waals surface area contributed by atoms with E-state index in [2.05, 4.69) is 12.2 Å². The predicted molar refractivity (Wildman–Crippen MR) is 52.4 cm³/mol. The molecule has 0 bridgehead atoms. The van der Waals surface area contributed by atoms with Crippen LogP contribution in [0.3, 0.4) is 0 Å². The molecule has 80 valence electrons. The molecular formula is C10H18N2O2. The summed E-state index contributed by atoms with van der Waals surface area (Å²) in [6.07, 6.45) is 2.14. The van der Waals surface area contributed by atoms with Gasteiger partial charge >= 0.3 is 0 Å². The lowest BCUT2D eigenvalue weighted by Crippen LogP contribution is -2.41. The Bertz CT molecular complexity index is 214. The Morgan fingerprint density at radius 2 is 2.29 bits per heavy atom. The normalized spacial score (nSPS) is 33.4. The molecule has 0 aromatic heterocycles. The topological polar surface area (TPSA) is 41.6 Å². The lowest BCUT2D eigenvalue weighted by atomic mass is 9.97. The molecule has 2 aliphatic rings. The first-order valence-corrected chi connectivity index (χ1v) is 5.44. The molecule has 14 heavy (non-hydrogen) atoms. The van der Waals surface area contributed by atoms with Crippen molar-refractivity contribution in [3.63, 3.8) is 0 Å². The average Bonchev–Trinajstić information content (AvgIpc) is 2.65. The highest BCUT2D eigenvalue weighted by Gasteiger charge is 2.33. The summed E-state index contributed by atoms with van der Waals surface area (Å²) in [6, 6.07) is 0. The van der Waals surface area contributed by atoms with Gasteiger partial charge in [-0.1, -0.05) is 6.92 Å². The first-order chi connectivity index (χ1) is 6.79. The first kappa shape index (κ1) is 9.93. The third-order valence-corrected chi connectivity index (χ3v) is 3.08. The smallest absolute Gasteiger partial charge is 0.250 e. The van der Waals surface area contributed by atoms with Crippen LogP contribution < -0.4 is 5.32 Å². The summed E-state index contributed by atoms with van der Waals surface area (Å²) < 4.78 is 0. The van der Waals surface area contributed by atoms with Gasteiger partial charge in [0.05, 0.1) is 12.5 Å². The Kier molecular flexibility index (Phi) is 3.03. The van der Waals surface area contributed by atoms with E-state index < -0.39 is 0 Å². The largest absolute Gasteiger partial charge is 0.316 e. The van der Waals surface area contributed by atoms with Crippen LogP contribution in [0.25, 0.3) is 0 Å². The van der Waals surface area contributed by atoms with Gasteiger partial charge in [-0.2, -0.15) is 0 Å². The molecule has 2 unspecified atom stereocenters. The maximum atomic E-state index is 12.0. The van der Waals surface area contributed by atoms with Gasteiger partial charge in [0.2, 0.25) is 0 Å². The minimum atomic E-state index is 0.119. The summed E-state index contributed by atoms with van der Waals surface area (Å²) >= 11 is 0. The molecule has 4 heteroatoms. The number of rotatable bonds is 1. The monoisotopic (exact) mass is 198 g/mol. The zero-order chi connectivity index (χ0) is 9.97. The van der Waals surface area contributed by atoms with E-state index in [1.54, 1.807) is 5.06 Å². The highest BCUT2D eigenvalue weighted by Crippen LogP contribution is 2.20. The van der Waals surface area contributed by atoms with Crippen LogP contribution in [0.15, 0.2) is 0 Å². The lowest BCUT2D eigenvalue weighted by Gasteiger charge is -2.29. The molecule has 0 saturated carbocycles. The van der Waals surface area contributed by atoms with E-state index in [0.29, 0.717) is 12.5 Å². The second-order valence-electron chi connectivity index (χ2n) is 4.22. The van der Waals surface area contributed by atoms with Crippen molar-refractivity contribution >= 4 is 5.91 Å². The van der Waals surface area contributed by atoms with Crippen molar-refractivity contribution in [3.05, 3.63) is 0 Å². The van der Waals surface area contributed by atoms with Crippen molar-refractivity contribution in [3.8, 4) is 0 Å². The molecule has 2 saturated heterocycles. The van der Waals surface area contributed by atoms with Crippen molar-refractivity contribution in [2.75, 3.05) is 26.2 Å². The van der Waals surface area contributed by atoms with Crippen molar-refractivity contribution in [2.24, 2.45) is 11.8 Å². The van der Waals surface area contributed by atoms with Gasteiger partial charge < -0.3 is 5.32 Å². The van der Waals surface area contributed by atoms with Crippen molar-refractivity contribution < 1.29 is 9.63 Å². The number of carbonyl (C=O) groups is 1. The van der Waals surface area contributed by atoms with Crippen LogP contribution in [0, 0.1) is 11.8 Å². The molecule has 1 N–H and O–H groups in total. The van der Waals surface area contributed by atoms with E-state index in [0.717, 1.165) is 32.5 Å². The van der Waals surface area contributed by atoms with Crippen LogP contribution >= 0.6 is 0 Å². The van der Waals surface area contributed by atoms with Crippen molar-refractivity contribution in [1.82, 2.24) is 10.4 Å². The fraction of sp³-hybridized carbons (Fsp3) is 0.900. The fourth-order valence-electron chi connectivity index (χ4n) is 2.10. The Hall–Kier alpha value is -0.610. The minimum absolute atomic E-state index is 0.119. The molecular weight excluding hydrogens is 180 g/mol. The zero-order valence-corrected chi connectivity index (χ0v) is 8.66. The SMILES string of the molecule is CC1CNCC1C(=O)N1CCCCO1. The van der Waals surface area contributed by atoms with E-state index in [1.807, 2.05) is 0 Å². The molecule has 4 nitrogen and oxygen atoms in total. The molecule has 0 radical (unpaired) electrons. The number of carbonyl (C=O) groups excluding carboxylic acids is 1. The summed E-state index contributed by atoms with van der Waals surface area (Å²) in [5, 5.41) is 4.81. The number of hydrogen-bond donors (Lipinski definition) is 1. The molecule has 2 aliphatic heterocycles. The molecule has 2 fully saturated rings. The molecule has 0 aromatic rings. The summed E-state index contributed by atoms with van der Waals surface area (Å²) in [6.45, 7) is 5.33. The van der Waals surface area contributed by atoms with Gasteiger partial charge in [-0.05, 0) is 25.3 Å². The summed E-state index contributed by atoms with van der Waals surface area (Å²) in [5.41, 5.74) is 0. The third-order valence-electron chi connectivity index (χ3n) is 3.08. The van der Waals surface area contributed by atoms with Gasteiger partial charge in [-0.3, -0.25) is 9.63 Å². The molecule has 2 rings (SSSR count). The van der Waals surface area contributed by atoms with Crippen molar-refractivity contribution in [1.29, 1.82) is 0 Å². The summed E-state index contributed by atoms with van der Waals surface area (Å²) in [5.74, 6) is 0.725. The first-order valence-electron chi connectivity index (χ1n) is 5.44. The van der Waals surface area contributed by atoms with E-state index in [1.165, 1.54) is 0 Å². The second-order valence-corrected chi connectivity index (χ2v) is 4.22. The van der Waals surface area contributed by atoms with Gasteiger partial charge in [-0.25, -0.2) is 5.06 Å². The standard InChI is InChI=1S/C10H18N2O2/c1-8-6-11-7-9(8)10(13)12-4-2-3-5-14-12/h8-9,11H,2-7H2,1H3. The maximum absolute atomic E-state index is 12.0. The summed E-state index contributed by atoms with van der Waals surface area (Å²) in [7, 11) is 0. The highest BCUT2D eigenvalue weighted by atomic mass is 16.7. The van der Waals surface area contributed by atoms with Crippen LogP contribution in [-0.4, -0.2) is 37.2 Å². The van der Waals surface area contributed by atoms with E-state index >= 15 is 0 Å². The lowest BCUT2D eigenvalue weighted by molar-refractivity contribution is -0.201. The fourth-order valence-corrected chi connectivity index (χ4v) is 2.10. The Labute approximate surface area is 84.6 Å². The van der Waals surface area contributed by atoms with Crippen molar-refractivity contribution in [2.45, 2.75) is 19.8 Å². The van der Waals surface area contributed by atoms with Crippen LogP contribution in [0.5, 0.6) is 0 Å². The molecule has 2 heterocycles. The minimum Gasteiger partial charge on any atom is -0.316 e. The molecule has 0 aliphatic carbocycles. The number of amides is 1. The Morgan fingerprint density at radius 3 is 2.86 bits per heavy atom. The van der Waals surface area contributed by atoms with Gasteiger partial charge in [-0.15, -0.1) is 0 Å². The van der Waals surface area contributed by atoms with Gasteiger partial charge in [0, 0.05) is 13.1 Å². The highest BCUT2D eigenvalue weighted by molar-refractivity contribution is 5.78. The molecule has 0 spiro atoms. The second kappa shape index (κ2) is 4.28. The van der Waals surface area contributed by atoms with Crippen LogP contribution in [0.2, 0.25) is 0 Å². The van der Waals surface area contributed by atoms with Gasteiger partial charge in [0.1, 0.15) is 0 Å². The maximum Gasteiger partial charge on any atom is 0.250 e. The quantitative estimate of drug-likeness (QED) is 0.663. The van der Waals surface area contributed by atoms with Crippen LogP contribution in [0.4, 0.5) is 0 Å².